The predicted octanol–water partition coefficient (Wildman–Crippen LogP) is 4.93. The van der Waals surface area contributed by atoms with E-state index in [1.165, 1.54) is 6.26 Å². The third-order valence-corrected chi connectivity index (χ3v) is 4.99. The van der Waals surface area contributed by atoms with Crippen molar-refractivity contribution in [3.63, 3.8) is 0 Å². The molecule has 1 amide bonds. The number of amides is 1. The Morgan fingerprint density at radius 2 is 1.61 bits per heavy atom. The number of carbonyl (C=O) groups excluding carboxylic acids is 1. The third-order valence-electron chi connectivity index (χ3n) is 3.82. The number of anilines is 1. The van der Waals surface area contributed by atoms with Crippen LogP contribution in [0.15, 0.2) is 72.8 Å². The van der Waals surface area contributed by atoms with Crippen molar-refractivity contribution >= 4 is 33.0 Å². The molecule has 28 heavy (non-hydrogen) atoms. The van der Waals surface area contributed by atoms with Crippen molar-refractivity contribution in [2.45, 2.75) is 5.75 Å². The molecule has 3 aromatic rings. The Morgan fingerprint density at radius 1 is 0.964 bits per heavy atom. The molecule has 3 aromatic carbocycles. The van der Waals surface area contributed by atoms with Crippen molar-refractivity contribution in [2.75, 3.05) is 11.6 Å². The van der Waals surface area contributed by atoms with Crippen molar-refractivity contribution in [1.82, 2.24) is 0 Å². The first-order valence-electron chi connectivity index (χ1n) is 8.41. The quantitative estimate of drug-likeness (QED) is 0.619. The first kappa shape index (κ1) is 19.9. The lowest BCUT2D eigenvalue weighted by Crippen LogP contribution is -2.12. The molecule has 0 aliphatic rings. The van der Waals surface area contributed by atoms with Gasteiger partial charge in [0.2, 0.25) is 0 Å². The standard InChI is InChI=1S/C21H18ClNO4S/c1-28(25,26)14-15-6-8-16(9-7-15)21(24)23-17-10-12-18(13-11-17)27-20-5-3-2-4-19(20)22/h2-13H,14H2,1H3,(H,23,24). The molecule has 0 aromatic heterocycles. The Bertz CT molecular complexity index is 1080. The largest absolute Gasteiger partial charge is 0.456 e. The number of rotatable bonds is 6. The number of nitrogens with one attached hydrogen (secondary N) is 1. The van der Waals surface area contributed by atoms with Gasteiger partial charge in [-0.2, -0.15) is 0 Å². The smallest absolute Gasteiger partial charge is 0.255 e. The summed E-state index contributed by atoms with van der Waals surface area (Å²) in [5.41, 5.74) is 1.69. The van der Waals surface area contributed by atoms with Gasteiger partial charge in [-0.05, 0) is 54.1 Å². The fraction of sp³-hybridized carbons (Fsp3) is 0.0952. The van der Waals surface area contributed by atoms with E-state index in [1.54, 1.807) is 60.7 Å². The highest BCUT2D eigenvalue weighted by molar-refractivity contribution is 7.89. The topological polar surface area (TPSA) is 72.5 Å². The summed E-state index contributed by atoms with van der Waals surface area (Å²) in [5.74, 6) is 0.805. The number of hydrogen-bond donors (Lipinski definition) is 1. The second kappa shape index (κ2) is 8.46. The van der Waals surface area contributed by atoms with Gasteiger partial charge in [0.15, 0.2) is 9.84 Å². The minimum absolute atomic E-state index is 0.0538. The summed E-state index contributed by atoms with van der Waals surface area (Å²) >= 11 is 6.07. The highest BCUT2D eigenvalue weighted by Gasteiger charge is 2.09. The molecule has 0 heterocycles. The molecule has 0 radical (unpaired) electrons. The van der Waals surface area contributed by atoms with E-state index in [4.69, 9.17) is 16.3 Å². The Kier molecular flexibility index (Phi) is 6.02. The summed E-state index contributed by atoms with van der Waals surface area (Å²) in [5, 5.41) is 3.30. The lowest BCUT2D eigenvalue weighted by atomic mass is 10.1. The molecular formula is C21H18ClNO4S. The molecule has 3 rings (SSSR count). The molecule has 0 saturated heterocycles. The first-order valence-corrected chi connectivity index (χ1v) is 10.8. The number of halogens is 1. The van der Waals surface area contributed by atoms with Crippen LogP contribution in [0.4, 0.5) is 5.69 Å². The van der Waals surface area contributed by atoms with Gasteiger partial charge in [-0.15, -0.1) is 0 Å². The maximum absolute atomic E-state index is 12.4. The zero-order valence-corrected chi connectivity index (χ0v) is 16.6. The highest BCUT2D eigenvalue weighted by atomic mass is 35.5. The van der Waals surface area contributed by atoms with Gasteiger partial charge in [0.1, 0.15) is 11.5 Å². The van der Waals surface area contributed by atoms with E-state index in [-0.39, 0.29) is 11.7 Å². The van der Waals surface area contributed by atoms with Gasteiger partial charge in [-0.3, -0.25) is 4.79 Å². The average molecular weight is 416 g/mol. The summed E-state index contributed by atoms with van der Waals surface area (Å²) in [7, 11) is -3.11. The molecule has 0 fully saturated rings. The van der Waals surface area contributed by atoms with Crippen molar-refractivity contribution in [3.8, 4) is 11.5 Å². The minimum Gasteiger partial charge on any atom is -0.456 e. The normalized spacial score (nSPS) is 11.1. The molecule has 5 nitrogen and oxygen atoms in total. The monoisotopic (exact) mass is 415 g/mol. The summed E-state index contributed by atoms with van der Waals surface area (Å²) in [6.45, 7) is 0. The van der Waals surface area contributed by atoms with Gasteiger partial charge in [-0.25, -0.2) is 8.42 Å². The number of para-hydroxylation sites is 1. The number of carbonyl (C=O) groups is 1. The Labute approximate surface area is 168 Å². The highest BCUT2D eigenvalue weighted by Crippen LogP contribution is 2.29. The van der Waals surface area contributed by atoms with E-state index >= 15 is 0 Å². The SMILES string of the molecule is CS(=O)(=O)Cc1ccc(C(=O)Nc2ccc(Oc3ccccc3Cl)cc2)cc1. The van der Waals surface area contributed by atoms with E-state index in [0.29, 0.717) is 33.3 Å². The predicted molar refractivity (Wildman–Crippen MR) is 111 cm³/mol. The van der Waals surface area contributed by atoms with Gasteiger partial charge in [0.05, 0.1) is 10.8 Å². The summed E-state index contributed by atoms with van der Waals surface area (Å²) in [4.78, 5) is 12.4. The average Bonchev–Trinajstić information content (AvgIpc) is 2.64. The van der Waals surface area contributed by atoms with Gasteiger partial charge >= 0.3 is 0 Å². The molecular weight excluding hydrogens is 398 g/mol. The second-order valence-corrected chi connectivity index (χ2v) is 8.83. The van der Waals surface area contributed by atoms with Crippen molar-refractivity contribution < 1.29 is 17.9 Å². The minimum atomic E-state index is -3.11. The van der Waals surface area contributed by atoms with Crippen LogP contribution in [0.1, 0.15) is 15.9 Å². The molecule has 0 bridgehead atoms. The third kappa shape index (κ3) is 5.58. The molecule has 7 heteroatoms. The molecule has 0 saturated carbocycles. The van der Waals surface area contributed by atoms with E-state index < -0.39 is 9.84 Å². The number of sulfone groups is 1. The zero-order chi connectivity index (χ0) is 20.1. The lowest BCUT2D eigenvalue weighted by molar-refractivity contribution is 0.102. The van der Waals surface area contributed by atoms with Crippen molar-refractivity contribution in [2.24, 2.45) is 0 Å². The second-order valence-electron chi connectivity index (χ2n) is 6.28. The van der Waals surface area contributed by atoms with E-state index in [9.17, 15) is 13.2 Å². The van der Waals surface area contributed by atoms with Crippen LogP contribution in [-0.4, -0.2) is 20.6 Å². The fourth-order valence-electron chi connectivity index (χ4n) is 2.52. The molecule has 0 aliphatic heterocycles. The Balaban J connectivity index is 1.63. The van der Waals surface area contributed by atoms with Crippen LogP contribution in [0.25, 0.3) is 0 Å². The first-order chi connectivity index (χ1) is 13.3. The molecule has 0 spiro atoms. The van der Waals surface area contributed by atoms with Gasteiger partial charge < -0.3 is 10.1 Å². The van der Waals surface area contributed by atoms with Gasteiger partial charge in [0.25, 0.3) is 5.91 Å². The molecule has 0 aliphatic carbocycles. The van der Waals surface area contributed by atoms with Crippen LogP contribution < -0.4 is 10.1 Å². The summed E-state index contributed by atoms with van der Waals surface area (Å²) in [6.07, 6.45) is 1.17. The van der Waals surface area contributed by atoms with E-state index in [2.05, 4.69) is 5.32 Å². The van der Waals surface area contributed by atoms with Crippen LogP contribution in [-0.2, 0) is 15.6 Å². The summed E-state index contributed by atoms with van der Waals surface area (Å²) in [6, 6.07) is 20.5. The van der Waals surface area contributed by atoms with Crippen molar-refractivity contribution in [1.29, 1.82) is 0 Å². The van der Waals surface area contributed by atoms with Gasteiger partial charge in [0, 0.05) is 17.5 Å². The summed E-state index contributed by atoms with van der Waals surface area (Å²) < 4.78 is 28.4. The fourth-order valence-corrected chi connectivity index (χ4v) is 3.49. The molecule has 144 valence electrons. The van der Waals surface area contributed by atoms with E-state index in [1.807, 2.05) is 12.1 Å². The van der Waals surface area contributed by atoms with Crippen LogP contribution in [0.5, 0.6) is 11.5 Å². The van der Waals surface area contributed by atoms with Crippen LogP contribution in [0.3, 0.4) is 0 Å². The Hall–Kier alpha value is -2.83. The molecule has 0 unspecified atom stereocenters. The van der Waals surface area contributed by atoms with Crippen LogP contribution in [0.2, 0.25) is 5.02 Å². The lowest BCUT2D eigenvalue weighted by Gasteiger charge is -2.09. The van der Waals surface area contributed by atoms with Crippen LogP contribution in [0, 0.1) is 0 Å². The van der Waals surface area contributed by atoms with Gasteiger partial charge in [-0.1, -0.05) is 35.9 Å². The number of ether oxygens (including phenoxy) is 1. The molecule has 0 atom stereocenters. The number of hydrogen-bond acceptors (Lipinski definition) is 4. The van der Waals surface area contributed by atoms with E-state index in [0.717, 1.165) is 0 Å². The maximum atomic E-state index is 12.4. The maximum Gasteiger partial charge on any atom is 0.255 e. The van der Waals surface area contributed by atoms with Crippen LogP contribution >= 0.6 is 11.6 Å². The number of benzene rings is 3. The molecule has 1 N–H and O–H groups in total. The van der Waals surface area contributed by atoms with Crippen molar-refractivity contribution in [3.05, 3.63) is 88.9 Å². The zero-order valence-electron chi connectivity index (χ0n) is 15.1. The Morgan fingerprint density at radius 3 is 2.21 bits per heavy atom.